The third-order valence-electron chi connectivity index (χ3n) is 5.31. The summed E-state index contributed by atoms with van der Waals surface area (Å²) in [6, 6.07) is 0. The highest BCUT2D eigenvalue weighted by molar-refractivity contribution is 7.09. The van der Waals surface area contributed by atoms with Gasteiger partial charge >= 0.3 is 0 Å². The molecular weight excluding hydrogens is 320 g/mol. The number of nitrogens with one attached hydrogen (secondary N) is 1. The molecule has 5 nitrogen and oxygen atoms in total. The second-order valence-electron chi connectivity index (χ2n) is 6.97. The van der Waals surface area contributed by atoms with E-state index in [1.165, 1.54) is 32.1 Å². The zero-order chi connectivity index (χ0) is 16.4. The molecule has 1 N–H and O–H groups in total. The Hall–Kier alpha value is -1.69. The van der Waals surface area contributed by atoms with E-state index in [0.29, 0.717) is 17.5 Å². The number of thiazole rings is 1. The molecule has 0 radical (unpaired) electrons. The Labute approximate surface area is 146 Å². The number of hydrogen-bond acceptors (Lipinski definition) is 4. The summed E-state index contributed by atoms with van der Waals surface area (Å²) in [4.78, 5) is 27.1. The summed E-state index contributed by atoms with van der Waals surface area (Å²) in [5, 5.41) is 3.13. The van der Waals surface area contributed by atoms with E-state index in [4.69, 9.17) is 4.98 Å². The second kappa shape index (κ2) is 7.05. The molecule has 2 aliphatic rings. The third kappa shape index (κ3) is 3.24. The van der Waals surface area contributed by atoms with E-state index in [0.717, 1.165) is 36.8 Å². The van der Waals surface area contributed by atoms with Crippen LogP contribution in [0.4, 0.5) is 0 Å². The van der Waals surface area contributed by atoms with Crippen LogP contribution in [0.15, 0.2) is 17.8 Å². The Morgan fingerprint density at radius 2 is 2.00 bits per heavy atom. The fraction of sp³-hybridized carbons (Fsp3) is 0.611. The summed E-state index contributed by atoms with van der Waals surface area (Å²) in [6.07, 6.45) is 12.1. The van der Waals surface area contributed by atoms with Gasteiger partial charge in [-0.15, -0.1) is 11.3 Å². The SMILES string of the molecule is O=C(c1csc(C2CCCCC2)n1)N1CCCC(c2ncc[nH]2)C1. The average Bonchev–Trinajstić information content (AvgIpc) is 3.34. The molecule has 24 heavy (non-hydrogen) atoms. The molecule has 128 valence electrons. The monoisotopic (exact) mass is 344 g/mol. The molecule has 1 aliphatic carbocycles. The Kier molecular flexibility index (Phi) is 4.65. The quantitative estimate of drug-likeness (QED) is 0.917. The number of rotatable bonds is 3. The van der Waals surface area contributed by atoms with Crippen LogP contribution in [0.5, 0.6) is 0 Å². The number of amides is 1. The van der Waals surface area contributed by atoms with Gasteiger partial charge in [0.15, 0.2) is 0 Å². The maximum absolute atomic E-state index is 12.9. The first-order valence-electron chi connectivity index (χ1n) is 9.05. The summed E-state index contributed by atoms with van der Waals surface area (Å²) in [6.45, 7) is 1.56. The van der Waals surface area contributed by atoms with Crippen LogP contribution in [0.1, 0.15) is 78.1 Å². The molecule has 1 atom stereocenters. The van der Waals surface area contributed by atoms with Crippen LogP contribution in [0, 0.1) is 0 Å². The van der Waals surface area contributed by atoms with Crippen LogP contribution in [-0.2, 0) is 0 Å². The van der Waals surface area contributed by atoms with Crippen molar-refractivity contribution in [3.8, 4) is 0 Å². The predicted molar refractivity (Wildman–Crippen MR) is 94.4 cm³/mol. The van der Waals surface area contributed by atoms with Crippen molar-refractivity contribution in [1.29, 1.82) is 0 Å². The number of carbonyl (C=O) groups is 1. The van der Waals surface area contributed by atoms with E-state index in [1.54, 1.807) is 17.5 Å². The highest BCUT2D eigenvalue weighted by Crippen LogP contribution is 2.34. The second-order valence-corrected chi connectivity index (χ2v) is 7.86. The summed E-state index contributed by atoms with van der Waals surface area (Å²) in [5.74, 6) is 1.97. The number of H-pyrrole nitrogens is 1. The van der Waals surface area contributed by atoms with Gasteiger partial charge in [0.25, 0.3) is 5.91 Å². The summed E-state index contributed by atoms with van der Waals surface area (Å²) >= 11 is 1.67. The summed E-state index contributed by atoms with van der Waals surface area (Å²) in [5.41, 5.74) is 0.640. The van der Waals surface area contributed by atoms with Crippen LogP contribution >= 0.6 is 11.3 Å². The van der Waals surface area contributed by atoms with E-state index >= 15 is 0 Å². The highest BCUT2D eigenvalue weighted by atomic mass is 32.1. The topological polar surface area (TPSA) is 61.9 Å². The van der Waals surface area contributed by atoms with Gasteiger partial charge in [-0.1, -0.05) is 19.3 Å². The van der Waals surface area contributed by atoms with Crippen LogP contribution in [0.2, 0.25) is 0 Å². The molecule has 2 aromatic heterocycles. The fourth-order valence-corrected chi connectivity index (χ4v) is 4.94. The van der Waals surface area contributed by atoms with Gasteiger partial charge in [-0.3, -0.25) is 4.79 Å². The van der Waals surface area contributed by atoms with Gasteiger partial charge in [0.05, 0.1) is 5.01 Å². The average molecular weight is 344 g/mol. The molecule has 1 saturated heterocycles. The Morgan fingerprint density at radius 3 is 2.79 bits per heavy atom. The molecule has 0 bridgehead atoms. The molecule has 0 aromatic carbocycles. The minimum atomic E-state index is 0.0876. The minimum absolute atomic E-state index is 0.0876. The van der Waals surface area contributed by atoms with Gasteiger partial charge in [0, 0.05) is 42.7 Å². The van der Waals surface area contributed by atoms with E-state index in [2.05, 4.69) is 9.97 Å². The maximum Gasteiger partial charge on any atom is 0.273 e. The van der Waals surface area contributed by atoms with Crippen molar-refractivity contribution in [2.45, 2.75) is 56.8 Å². The molecule has 2 aromatic rings. The van der Waals surface area contributed by atoms with Gasteiger partial charge in [0.2, 0.25) is 0 Å². The molecule has 1 aliphatic heterocycles. The standard InChI is InChI=1S/C18H24N4OS/c23-18(15-12-24-17(21-15)13-5-2-1-3-6-13)22-10-4-7-14(11-22)16-19-8-9-20-16/h8-9,12-14H,1-7,10-11H2,(H,19,20). The molecule has 3 heterocycles. The van der Waals surface area contributed by atoms with E-state index < -0.39 is 0 Å². The zero-order valence-corrected chi connectivity index (χ0v) is 14.7. The van der Waals surface area contributed by atoms with Crippen LogP contribution < -0.4 is 0 Å². The lowest BCUT2D eigenvalue weighted by Crippen LogP contribution is -2.39. The van der Waals surface area contributed by atoms with Crippen molar-refractivity contribution in [1.82, 2.24) is 19.9 Å². The number of likely N-dealkylation sites (tertiary alicyclic amines) is 1. The molecule has 1 saturated carbocycles. The molecule has 0 spiro atoms. The van der Waals surface area contributed by atoms with Gasteiger partial charge in [0.1, 0.15) is 11.5 Å². The predicted octanol–water partition coefficient (Wildman–Crippen LogP) is 3.93. The fourth-order valence-electron chi connectivity index (χ4n) is 3.97. The number of imidazole rings is 1. The number of aromatic nitrogens is 3. The number of piperidine rings is 1. The highest BCUT2D eigenvalue weighted by Gasteiger charge is 2.28. The van der Waals surface area contributed by atoms with Crippen molar-refractivity contribution in [3.63, 3.8) is 0 Å². The maximum atomic E-state index is 12.9. The molecule has 2 fully saturated rings. The Morgan fingerprint density at radius 1 is 1.17 bits per heavy atom. The first kappa shape index (κ1) is 15.8. The van der Waals surface area contributed by atoms with Gasteiger partial charge in [-0.2, -0.15) is 0 Å². The van der Waals surface area contributed by atoms with Crippen molar-refractivity contribution in [3.05, 3.63) is 34.3 Å². The van der Waals surface area contributed by atoms with E-state index in [1.807, 2.05) is 16.5 Å². The molecular formula is C18H24N4OS. The lowest BCUT2D eigenvalue weighted by molar-refractivity contribution is 0.0699. The van der Waals surface area contributed by atoms with Gasteiger partial charge in [-0.25, -0.2) is 9.97 Å². The summed E-state index contributed by atoms with van der Waals surface area (Å²) in [7, 11) is 0. The number of carbonyl (C=O) groups excluding carboxylic acids is 1. The zero-order valence-electron chi connectivity index (χ0n) is 13.9. The van der Waals surface area contributed by atoms with Gasteiger partial charge in [-0.05, 0) is 25.7 Å². The lowest BCUT2D eigenvalue weighted by atomic mass is 9.90. The normalized spacial score (nSPS) is 22.7. The van der Waals surface area contributed by atoms with Crippen LogP contribution in [0.3, 0.4) is 0 Å². The first-order valence-corrected chi connectivity index (χ1v) is 9.93. The largest absolute Gasteiger partial charge is 0.348 e. The van der Waals surface area contributed by atoms with Crippen molar-refractivity contribution >= 4 is 17.2 Å². The number of aromatic amines is 1. The van der Waals surface area contributed by atoms with Crippen molar-refractivity contribution < 1.29 is 4.79 Å². The summed E-state index contributed by atoms with van der Waals surface area (Å²) < 4.78 is 0. The van der Waals surface area contributed by atoms with Gasteiger partial charge < -0.3 is 9.88 Å². The number of hydrogen-bond donors (Lipinski definition) is 1. The van der Waals surface area contributed by atoms with Crippen molar-refractivity contribution in [2.24, 2.45) is 0 Å². The first-order chi connectivity index (χ1) is 11.8. The molecule has 1 amide bonds. The Balaban J connectivity index is 1.44. The smallest absolute Gasteiger partial charge is 0.273 e. The minimum Gasteiger partial charge on any atom is -0.348 e. The third-order valence-corrected chi connectivity index (χ3v) is 6.32. The van der Waals surface area contributed by atoms with Crippen LogP contribution in [0.25, 0.3) is 0 Å². The lowest BCUT2D eigenvalue weighted by Gasteiger charge is -2.31. The molecule has 1 unspecified atom stereocenters. The molecule has 6 heteroatoms. The molecule has 4 rings (SSSR count). The Bertz CT molecular complexity index is 675. The van der Waals surface area contributed by atoms with E-state index in [9.17, 15) is 4.79 Å². The number of nitrogens with zero attached hydrogens (tertiary/aromatic N) is 3. The van der Waals surface area contributed by atoms with Crippen LogP contribution in [-0.4, -0.2) is 38.8 Å². The van der Waals surface area contributed by atoms with Crippen molar-refractivity contribution in [2.75, 3.05) is 13.1 Å². The van der Waals surface area contributed by atoms with E-state index in [-0.39, 0.29) is 5.91 Å².